The molecule has 1 aromatic heterocycles. The van der Waals surface area contributed by atoms with Crippen LogP contribution in [-0.4, -0.2) is 28.4 Å². The monoisotopic (exact) mass is 424 g/mol. The zero-order valence-electron chi connectivity index (χ0n) is 15.8. The van der Waals surface area contributed by atoms with E-state index in [-0.39, 0.29) is 12.1 Å². The Morgan fingerprint density at radius 2 is 2.07 bits per heavy atom. The number of anilines is 1. The molecule has 1 aliphatic heterocycles. The molecule has 1 unspecified atom stereocenters. The van der Waals surface area contributed by atoms with E-state index in [0.29, 0.717) is 17.9 Å². The molecule has 9 heteroatoms. The Hall–Kier alpha value is -2.74. The lowest BCUT2D eigenvalue weighted by molar-refractivity contribution is -0.137. The maximum Gasteiger partial charge on any atom is 0.417 e. The number of aryl methyl sites for hydroxylation is 1. The Bertz CT molecular complexity index is 974. The van der Waals surface area contributed by atoms with E-state index in [0.717, 1.165) is 17.3 Å². The smallest absolute Gasteiger partial charge is 0.399 e. The third-order valence-electron chi connectivity index (χ3n) is 4.86. The van der Waals surface area contributed by atoms with Crippen molar-refractivity contribution in [1.29, 1.82) is 0 Å². The summed E-state index contributed by atoms with van der Waals surface area (Å²) in [5.74, 6) is 0.0418. The SMILES string of the molecule is Cc1ccnc(NC2=C(N)C(C)N(C(=O)c3cccc(C(F)(F)F)c3Cl)CC2)c1. The van der Waals surface area contributed by atoms with Crippen LogP contribution in [-0.2, 0) is 6.18 Å². The van der Waals surface area contributed by atoms with Crippen LogP contribution in [0.4, 0.5) is 19.0 Å². The normalized spacial score (nSPS) is 17.4. The van der Waals surface area contributed by atoms with Gasteiger partial charge in [-0.3, -0.25) is 4.79 Å². The molecule has 0 radical (unpaired) electrons. The molecule has 1 atom stereocenters. The molecule has 3 N–H and O–H groups in total. The van der Waals surface area contributed by atoms with E-state index in [1.807, 2.05) is 19.1 Å². The number of carbonyl (C=O) groups is 1. The van der Waals surface area contributed by atoms with Crippen LogP contribution in [0.5, 0.6) is 0 Å². The summed E-state index contributed by atoms with van der Waals surface area (Å²) >= 11 is 5.91. The van der Waals surface area contributed by atoms with Gasteiger partial charge < -0.3 is 16.0 Å². The maximum absolute atomic E-state index is 13.1. The van der Waals surface area contributed by atoms with E-state index < -0.39 is 28.7 Å². The molecule has 0 bridgehead atoms. The van der Waals surface area contributed by atoms with Gasteiger partial charge in [-0.15, -0.1) is 0 Å². The van der Waals surface area contributed by atoms with Crippen LogP contribution in [0.15, 0.2) is 47.9 Å². The molecule has 0 aliphatic carbocycles. The van der Waals surface area contributed by atoms with E-state index in [9.17, 15) is 18.0 Å². The van der Waals surface area contributed by atoms with Gasteiger partial charge in [0, 0.05) is 24.9 Å². The second kappa shape index (κ2) is 7.94. The molecule has 1 amide bonds. The Labute approximate surface area is 171 Å². The standard InChI is InChI=1S/C20H20ClF3N4O/c1-11-6-8-26-16(10-11)27-15-7-9-28(12(2)18(15)25)19(29)13-4-3-5-14(17(13)21)20(22,23)24/h3-6,8,10,12H,7,9,25H2,1-2H3,(H,26,27). The number of rotatable bonds is 3. The van der Waals surface area contributed by atoms with Gasteiger partial charge in [-0.05, 0) is 43.7 Å². The summed E-state index contributed by atoms with van der Waals surface area (Å²) in [4.78, 5) is 18.6. The van der Waals surface area contributed by atoms with Crippen molar-refractivity contribution >= 4 is 23.3 Å². The lowest BCUT2D eigenvalue weighted by Crippen LogP contribution is -2.46. The molecular weight excluding hydrogens is 405 g/mol. The van der Waals surface area contributed by atoms with Crippen LogP contribution in [0.2, 0.25) is 5.02 Å². The molecule has 0 fully saturated rings. The molecule has 0 spiro atoms. The number of alkyl halides is 3. The molecule has 2 heterocycles. The Balaban J connectivity index is 1.85. The van der Waals surface area contributed by atoms with Crippen molar-refractivity contribution < 1.29 is 18.0 Å². The summed E-state index contributed by atoms with van der Waals surface area (Å²) in [6.07, 6.45) is -2.56. The zero-order valence-corrected chi connectivity index (χ0v) is 16.6. The second-order valence-corrected chi connectivity index (χ2v) is 7.24. The van der Waals surface area contributed by atoms with Crippen LogP contribution < -0.4 is 11.1 Å². The topological polar surface area (TPSA) is 71.2 Å². The highest BCUT2D eigenvalue weighted by molar-refractivity contribution is 6.34. The van der Waals surface area contributed by atoms with Gasteiger partial charge in [-0.2, -0.15) is 13.2 Å². The highest BCUT2D eigenvalue weighted by Gasteiger charge is 2.36. The number of pyridine rings is 1. The average Bonchev–Trinajstić information content (AvgIpc) is 2.64. The number of nitrogens with zero attached hydrogens (tertiary/aromatic N) is 2. The Morgan fingerprint density at radius 1 is 1.34 bits per heavy atom. The average molecular weight is 425 g/mol. The fraction of sp³-hybridized carbons (Fsp3) is 0.300. The van der Waals surface area contributed by atoms with Crippen molar-refractivity contribution in [3.63, 3.8) is 0 Å². The first-order chi connectivity index (χ1) is 13.6. The van der Waals surface area contributed by atoms with Gasteiger partial charge in [0.15, 0.2) is 0 Å². The number of halogens is 4. The molecule has 3 rings (SSSR count). The minimum atomic E-state index is -4.64. The number of aromatic nitrogens is 1. The minimum absolute atomic E-state index is 0.196. The third kappa shape index (κ3) is 4.32. The van der Waals surface area contributed by atoms with Gasteiger partial charge in [0.2, 0.25) is 0 Å². The minimum Gasteiger partial charge on any atom is -0.399 e. The van der Waals surface area contributed by atoms with Crippen molar-refractivity contribution in [1.82, 2.24) is 9.88 Å². The molecule has 0 saturated heterocycles. The first-order valence-corrected chi connectivity index (χ1v) is 9.32. The summed E-state index contributed by atoms with van der Waals surface area (Å²) in [7, 11) is 0. The Morgan fingerprint density at radius 3 is 2.72 bits per heavy atom. The first kappa shape index (κ1) is 21.0. The maximum atomic E-state index is 13.1. The molecule has 1 aliphatic rings. The number of nitrogens with one attached hydrogen (secondary N) is 1. The van der Waals surface area contributed by atoms with Crippen molar-refractivity contribution in [2.75, 3.05) is 11.9 Å². The van der Waals surface area contributed by atoms with Gasteiger partial charge in [0.1, 0.15) is 5.82 Å². The van der Waals surface area contributed by atoms with E-state index in [1.54, 1.807) is 13.1 Å². The second-order valence-electron chi connectivity index (χ2n) is 6.87. The Kier molecular flexibility index (Phi) is 5.75. The predicted octanol–water partition coefficient (Wildman–Crippen LogP) is 4.58. The number of amides is 1. The predicted molar refractivity (Wildman–Crippen MR) is 105 cm³/mol. The summed E-state index contributed by atoms with van der Waals surface area (Å²) in [6.45, 7) is 3.94. The van der Waals surface area contributed by atoms with Gasteiger partial charge >= 0.3 is 6.18 Å². The van der Waals surface area contributed by atoms with E-state index >= 15 is 0 Å². The van der Waals surface area contributed by atoms with Crippen molar-refractivity contribution in [2.45, 2.75) is 32.5 Å². The number of benzene rings is 1. The molecule has 0 saturated carbocycles. The van der Waals surface area contributed by atoms with E-state index in [1.165, 1.54) is 17.0 Å². The molecule has 1 aromatic carbocycles. The van der Waals surface area contributed by atoms with E-state index in [2.05, 4.69) is 10.3 Å². The molecular formula is C20H20ClF3N4O. The van der Waals surface area contributed by atoms with Crippen LogP contribution in [0.25, 0.3) is 0 Å². The molecule has 29 heavy (non-hydrogen) atoms. The van der Waals surface area contributed by atoms with Gasteiger partial charge in [0.05, 0.1) is 27.9 Å². The van der Waals surface area contributed by atoms with Crippen LogP contribution in [0.1, 0.15) is 34.8 Å². The highest BCUT2D eigenvalue weighted by Crippen LogP contribution is 2.37. The van der Waals surface area contributed by atoms with Crippen molar-refractivity contribution in [3.05, 3.63) is 69.6 Å². The van der Waals surface area contributed by atoms with Crippen LogP contribution in [0.3, 0.4) is 0 Å². The zero-order chi connectivity index (χ0) is 21.3. The largest absolute Gasteiger partial charge is 0.417 e. The lowest BCUT2D eigenvalue weighted by atomic mass is 10.0. The summed E-state index contributed by atoms with van der Waals surface area (Å²) in [5.41, 5.74) is 7.19. The molecule has 154 valence electrons. The molecule has 2 aromatic rings. The van der Waals surface area contributed by atoms with Gasteiger partial charge in [-0.25, -0.2) is 4.98 Å². The number of carbonyl (C=O) groups excluding carboxylic acids is 1. The van der Waals surface area contributed by atoms with Gasteiger partial charge in [-0.1, -0.05) is 17.7 Å². The van der Waals surface area contributed by atoms with Crippen LogP contribution >= 0.6 is 11.6 Å². The fourth-order valence-electron chi connectivity index (χ4n) is 3.23. The molecule has 5 nitrogen and oxygen atoms in total. The van der Waals surface area contributed by atoms with Crippen molar-refractivity contribution in [2.24, 2.45) is 5.73 Å². The first-order valence-electron chi connectivity index (χ1n) is 8.94. The number of nitrogens with two attached hydrogens (primary N) is 1. The lowest BCUT2D eigenvalue weighted by Gasteiger charge is -2.36. The quantitative estimate of drug-likeness (QED) is 0.756. The number of hydrogen-bond acceptors (Lipinski definition) is 4. The summed E-state index contributed by atoms with van der Waals surface area (Å²) in [5, 5.41) is 2.57. The number of hydrogen-bond donors (Lipinski definition) is 2. The summed E-state index contributed by atoms with van der Waals surface area (Å²) in [6, 6.07) is 6.53. The van der Waals surface area contributed by atoms with E-state index in [4.69, 9.17) is 17.3 Å². The highest BCUT2D eigenvalue weighted by atomic mass is 35.5. The van der Waals surface area contributed by atoms with Crippen molar-refractivity contribution in [3.8, 4) is 0 Å². The third-order valence-corrected chi connectivity index (χ3v) is 5.27. The summed E-state index contributed by atoms with van der Waals surface area (Å²) < 4.78 is 39.3. The van der Waals surface area contributed by atoms with Gasteiger partial charge in [0.25, 0.3) is 5.91 Å². The fourth-order valence-corrected chi connectivity index (χ4v) is 3.55. The van der Waals surface area contributed by atoms with Crippen LogP contribution in [0, 0.1) is 6.92 Å².